The highest BCUT2D eigenvalue weighted by atomic mass is 16.3. The predicted molar refractivity (Wildman–Crippen MR) is 166 cm³/mol. The van der Waals surface area contributed by atoms with Crippen molar-refractivity contribution in [3.05, 3.63) is 29.3 Å². The molecule has 1 amide bonds. The number of carbonyl (C=O) groups is 1. The molecular weight excluding hydrogens is 494 g/mol. The number of phenols is 1. The molecule has 0 saturated heterocycles. The molecule has 6 atom stereocenters. The highest BCUT2D eigenvalue weighted by Crippen LogP contribution is 2.63. The molecule has 0 bridgehead atoms. The van der Waals surface area contributed by atoms with Gasteiger partial charge in [0.1, 0.15) is 5.75 Å². The molecule has 4 nitrogen and oxygen atoms in total. The molecule has 3 aliphatic rings. The number of carbonyl (C=O) groups excluding carboxylic acids is 1. The molecule has 0 aliphatic heterocycles. The minimum atomic E-state index is -0.134. The maximum absolute atomic E-state index is 12.1. The number of amides is 1. The van der Waals surface area contributed by atoms with Crippen molar-refractivity contribution in [3.63, 3.8) is 0 Å². The summed E-state index contributed by atoms with van der Waals surface area (Å²) in [4.78, 5) is 14.0. The average Bonchev–Trinajstić information content (AvgIpc) is 3.21. The maximum Gasteiger partial charge on any atom is 0.222 e. The molecule has 0 spiro atoms. The van der Waals surface area contributed by atoms with Crippen LogP contribution in [0.5, 0.6) is 5.75 Å². The van der Waals surface area contributed by atoms with Crippen LogP contribution >= 0.6 is 0 Å². The number of aliphatic hydroxyl groups is 1. The van der Waals surface area contributed by atoms with Gasteiger partial charge in [0.25, 0.3) is 0 Å². The summed E-state index contributed by atoms with van der Waals surface area (Å²) >= 11 is 0. The van der Waals surface area contributed by atoms with Crippen molar-refractivity contribution in [1.29, 1.82) is 0 Å². The Kier molecular flexibility index (Phi) is 11.8. The Morgan fingerprint density at radius 3 is 2.35 bits per heavy atom. The Labute approximate surface area is 245 Å². The number of benzene rings is 1. The lowest BCUT2D eigenvalue weighted by Crippen LogP contribution is -2.45. The molecule has 2 saturated carbocycles. The molecule has 0 unspecified atom stereocenters. The Morgan fingerprint density at radius 2 is 1.65 bits per heavy atom. The van der Waals surface area contributed by atoms with E-state index in [0.717, 1.165) is 51.5 Å². The molecule has 226 valence electrons. The topological polar surface area (TPSA) is 60.8 Å². The Morgan fingerprint density at radius 1 is 0.975 bits per heavy atom. The molecule has 1 aromatic rings. The SMILES string of the molecule is CCCCN(C)C(=O)CCCCCCCCCCCC[C@H]1C[C@H](O)[C@@]2(C)CC[C@@H]3c4ccc(O)cc4CC[C@H]3[C@H]12. The minimum Gasteiger partial charge on any atom is -0.508 e. The zero-order chi connectivity index (χ0) is 28.5. The smallest absolute Gasteiger partial charge is 0.222 e. The third kappa shape index (κ3) is 7.64. The van der Waals surface area contributed by atoms with Crippen LogP contribution in [0.3, 0.4) is 0 Å². The van der Waals surface area contributed by atoms with Gasteiger partial charge < -0.3 is 15.1 Å². The van der Waals surface area contributed by atoms with Gasteiger partial charge in [0, 0.05) is 20.0 Å². The molecule has 0 heterocycles. The van der Waals surface area contributed by atoms with Crippen LogP contribution in [0.1, 0.15) is 146 Å². The highest BCUT2D eigenvalue weighted by Gasteiger charge is 2.58. The van der Waals surface area contributed by atoms with Gasteiger partial charge in [0.05, 0.1) is 6.10 Å². The molecule has 2 N–H and O–H groups in total. The van der Waals surface area contributed by atoms with Crippen LogP contribution in [0.25, 0.3) is 0 Å². The monoisotopic (exact) mass is 553 g/mol. The first kappa shape index (κ1) is 31.4. The number of aryl methyl sites for hydroxylation is 1. The second kappa shape index (κ2) is 15.1. The fourth-order valence-electron chi connectivity index (χ4n) is 8.93. The number of hydrogen-bond donors (Lipinski definition) is 2. The van der Waals surface area contributed by atoms with Crippen LogP contribution in [0.2, 0.25) is 0 Å². The number of hydrogen-bond acceptors (Lipinski definition) is 3. The molecule has 0 aromatic heterocycles. The van der Waals surface area contributed by atoms with E-state index in [0.29, 0.717) is 35.3 Å². The van der Waals surface area contributed by atoms with E-state index in [-0.39, 0.29) is 11.5 Å². The quantitative estimate of drug-likeness (QED) is 0.201. The highest BCUT2D eigenvalue weighted by molar-refractivity contribution is 5.75. The van der Waals surface area contributed by atoms with Gasteiger partial charge in [-0.1, -0.05) is 90.5 Å². The van der Waals surface area contributed by atoms with Crippen LogP contribution in [-0.4, -0.2) is 40.7 Å². The van der Waals surface area contributed by atoms with Crippen LogP contribution in [0.15, 0.2) is 18.2 Å². The van der Waals surface area contributed by atoms with Crippen molar-refractivity contribution in [2.24, 2.45) is 23.2 Å². The molecule has 2 fully saturated rings. The van der Waals surface area contributed by atoms with Crippen molar-refractivity contribution in [2.45, 2.75) is 148 Å². The molecule has 3 aliphatic carbocycles. The lowest BCUT2D eigenvalue weighted by atomic mass is 9.53. The van der Waals surface area contributed by atoms with Gasteiger partial charge in [-0.2, -0.15) is 0 Å². The van der Waals surface area contributed by atoms with Crippen molar-refractivity contribution >= 4 is 5.91 Å². The zero-order valence-electron chi connectivity index (χ0n) is 26.0. The summed E-state index contributed by atoms with van der Waals surface area (Å²) in [7, 11) is 1.95. The van der Waals surface area contributed by atoms with Crippen LogP contribution in [0.4, 0.5) is 0 Å². The molecule has 1 aromatic carbocycles. The van der Waals surface area contributed by atoms with Crippen molar-refractivity contribution < 1.29 is 15.0 Å². The second-order valence-electron chi connectivity index (χ2n) is 14.0. The summed E-state index contributed by atoms with van der Waals surface area (Å²) in [5.41, 5.74) is 2.94. The normalized spacial score (nSPS) is 29.1. The molecule has 40 heavy (non-hydrogen) atoms. The van der Waals surface area contributed by atoms with E-state index >= 15 is 0 Å². The Hall–Kier alpha value is -1.55. The number of fused-ring (bicyclic) bond motifs is 5. The zero-order valence-corrected chi connectivity index (χ0v) is 26.0. The van der Waals surface area contributed by atoms with Gasteiger partial charge >= 0.3 is 0 Å². The number of nitrogens with zero attached hydrogens (tertiary/aromatic N) is 1. The van der Waals surface area contributed by atoms with Gasteiger partial charge in [-0.15, -0.1) is 0 Å². The van der Waals surface area contributed by atoms with Crippen molar-refractivity contribution in [3.8, 4) is 5.75 Å². The number of rotatable bonds is 16. The largest absolute Gasteiger partial charge is 0.508 e. The summed E-state index contributed by atoms with van der Waals surface area (Å²) in [5, 5.41) is 21.2. The molecular formula is C36H59NO3. The first-order valence-corrected chi connectivity index (χ1v) is 17.1. The first-order chi connectivity index (χ1) is 19.3. The fourth-order valence-corrected chi connectivity index (χ4v) is 8.93. The van der Waals surface area contributed by atoms with Gasteiger partial charge in [-0.25, -0.2) is 0 Å². The maximum atomic E-state index is 12.1. The Bertz CT molecular complexity index is 931. The first-order valence-electron chi connectivity index (χ1n) is 17.1. The van der Waals surface area contributed by atoms with Crippen molar-refractivity contribution in [2.75, 3.05) is 13.6 Å². The van der Waals surface area contributed by atoms with Gasteiger partial charge in [0.15, 0.2) is 0 Å². The number of phenolic OH excluding ortho intramolecular Hbond substituents is 1. The molecule has 0 radical (unpaired) electrons. The van der Waals surface area contributed by atoms with E-state index in [4.69, 9.17) is 0 Å². The minimum absolute atomic E-state index is 0.0958. The second-order valence-corrected chi connectivity index (χ2v) is 14.0. The number of aromatic hydroxyl groups is 1. The van der Waals surface area contributed by atoms with Gasteiger partial charge in [-0.3, -0.25) is 4.79 Å². The lowest BCUT2D eigenvalue weighted by Gasteiger charge is -2.51. The van der Waals surface area contributed by atoms with E-state index in [9.17, 15) is 15.0 Å². The van der Waals surface area contributed by atoms with E-state index in [1.54, 1.807) is 0 Å². The van der Waals surface area contributed by atoms with E-state index in [1.807, 2.05) is 24.1 Å². The van der Waals surface area contributed by atoms with E-state index in [1.165, 1.54) is 88.2 Å². The molecule has 4 rings (SSSR count). The summed E-state index contributed by atoms with van der Waals surface area (Å²) < 4.78 is 0. The van der Waals surface area contributed by atoms with Crippen LogP contribution < -0.4 is 0 Å². The third-order valence-corrected chi connectivity index (χ3v) is 11.3. The number of aliphatic hydroxyl groups excluding tert-OH is 1. The molecule has 4 heteroatoms. The summed E-state index contributed by atoms with van der Waals surface area (Å²) in [6.07, 6.45) is 22.6. The number of unbranched alkanes of at least 4 members (excludes halogenated alkanes) is 10. The average molecular weight is 554 g/mol. The van der Waals surface area contributed by atoms with Crippen LogP contribution in [-0.2, 0) is 11.2 Å². The summed E-state index contributed by atoms with van der Waals surface area (Å²) in [6, 6.07) is 6.07. The van der Waals surface area contributed by atoms with Crippen molar-refractivity contribution in [1.82, 2.24) is 4.90 Å². The van der Waals surface area contributed by atoms with E-state index < -0.39 is 0 Å². The van der Waals surface area contributed by atoms with Crippen LogP contribution in [0, 0.1) is 23.2 Å². The predicted octanol–water partition coefficient (Wildman–Crippen LogP) is 8.78. The van der Waals surface area contributed by atoms with E-state index in [2.05, 4.69) is 19.9 Å². The fraction of sp³-hybridized carbons (Fsp3) is 0.806. The summed E-state index contributed by atoms with van der Waals surface area (Å²) in [6.45, 7) is 5.47. The summed E-state index contributed by atoms with van der Waals surface area (Å²) in [5.74, 6) is 3.35. The van der Waals surface area contributed by atoms with Gasteiger partial charge in [-0.05, 0) is 97.3 Å². The third-order valence-electron chi connectivity index (χ3n) is 11.3. The standard InChI is InChI=1S/C36H59NO3/c1-4-5-24-37(3)34(40)17-15-13-11-9-7-6-8-10-12-14-16-28-26-33(39)36(2)23-22-31-30-21-19-29(38)25-27(30)18-20-32(31)35(28)36/h19,21,25,28,31-33,35,38-39H,4-18,20,22-24,26H2,1-3H3/t28-,31+,32+,33-,35-,36+/m0/s1. The Balaban J connectivity index is 1.09. The lowest BCUT2D eigenvalue weighted by molar-refractivity contribution is -0.130. The van der Waals surface area contributed by atoms with Gasteiger partial charge in [0.2, 0.25) is 5.91 Å².